The summed E-state index contributed by atoms with van der Waals surface area (Å²) in [5.41, 5.74) is 2.46. The number of hydrogen-bond donors (Lipinski definition) is 2. The standard InChI is InChI=1S/C22H30N4O2/c1-4-27-21-9-15-8-13(2)28-20(15)11-17(21)16-10-19(16)26-22(24-3)25-18-7-5-6-14(18)12-23/h9,11,13-14,16,18-19H,4-8,10H2,1-3H3,(H2,24,25,26). The van der Waals surface area contributed by atoms with Gasteiger partial charge in [0, 0.05) is 42.6 Å². The van der Waals surface area contributed by atoms with Gasteiger partial charge in [-0.15, -0.1) is 0 Å². The fourth-order valence-electron chi connectivity index (χ4n) is 4.53. The number of aliphatic imine (C=N–C) groups is 1. The van der Waals surface area contributed by atoms with E-state index in [-0.39, 0.29) is 18.1 Å². The van der Waals surface area contributed by atoms with E-state index in [2.05, 4.69) is 40.8 Å². The van der Waals surface area contributed by atoms with Crippen molar-refractivity contribution >= 4 is 5.96 Å². The second-order valence-corrected chi connectivity index (χ2v) is 8.15. The first-order valence-corrected chi connectivity index (χ1v) is 10.5. The van der Waals surface area contributed by atoms with E-state index in [1.54, 1.807) is 7.05 Å². The second kappa shape index (κ2) is 7.90. The molecule has 6 nitrogen and oxygen atoms in total. The topological polar surface area (TPSA) is 78.7 Å². The number of rotatable bonds is 5. The lowest BCUT2D eigenvalue weighted by Gasteiger charge is -2.19. The molecule has 0 bridgehead atoms. The van der Waals surface area contributed by atoms with Crippen molar-refractivity contribution in [3.8, 4) is 17.6 Å². The van der Waals surface area contributed by atoms with Gasteiger partial charge in [0.2, 0.25) is 0 Å². The van der Waals surface area contributed by atoms with Gasteiger partial charge in [-0.1, -0.05) is 0 Å². The molecule has 3 aliphatic rings. The van der Waals surface area contributed by atoms with Gasteiger partial charge in [0.1, 0.15) is 17.6 Å². The Morgan fingerprint density at radius 1 is 1.32 bits per heavy atom. The van der Waals surface area contributed by atoms with Crippen molar-refractivity contribution in [3.05, 3.63) is 23.3 Å². The molecule has 0 saturated heterocycles. The first kappa shape index (κ1) is 18.9. The van der Waals surface area contributed by atoms with E-state index in [1.165, 1.54) is 11.1 Å². The molecule has 4 rings (SSSR count). The van der Waals surface area contributed by atoms with Gasteiger partial charge in [-0.05, 0) is 51.7 Å². The molecule has 0 radical (unpaired) electrons. The zero-order chi connectivity index (χ0) is 19.7. The van der Waals surface area contributed by atoms with Crippen molar-refractivity contribution in [2.75, 3.05) is 13.7 Å². The van der Waals surface area contributed by atoms with Gasteiger partial charge in [-0.2, -0.15) is 5.26 Å². The molecule has 5 atom stereocenters. The fourth-order valence-corrected chi connectivity index (χ4v) is 4.53. The Morgan fingerprint density at radius 2 is 2.14 bits per heavy atom. The Bertz CT molecular complexity index is 800. The molecule has 0 spiro atoms. The average Bonchev–Trinajstić information content (AvgIpc) is 3.12. The molecule has 1 aromatic carbocycles. The van der Waals surface area contributed by atoms with Gasteiger partial charge < -0.3 is 20.1 Å². The van der Waals surface area contributed by atoms with Crippen LogP contribution in [0.15, 0.2) is 17.1 Å². The lowest BCUT2D eigenvalue weighted by Crippen LogP contribution is -2.45. The number of nitriles is 1. The molecule has 1 heterocycles. The summed E-state index contributed by atoms with van der Waals surface area (Å²) >= 11 is 0. The Kier molecular flexibility index (Phi) is 5.34. The maximum Gasteiger partial charge on any atom is 0.191 e. The van der Waals surface area contributed by atoms with Gasteiger partial charge in [0.15, 0.2) is 5.96 Å². The van der Waals surface area contributed by atoms with Gasteiger partial charge in [0.05, 0.1) is 18.6 Å². The van der Waals surface area contributed by atoms with E-state index < -0.39 is 0 Å². The number of fused-ring (bicyclic) bond motifs is 1. The Hall–Kier alpha value is -2.42. The highest BCUT2D eigenvalue weighted by Gasteiger charge is 2.42. The van der Waals surface area contributed by atoms with Crippen molar-refractivity contribution in [3.63, 3.8) is 0 Å². The minimum Gasteiger partial charge on any atom is -0.494 e. The van der Waals surface area contributed by atoms with Crippen LogP contribution in [0.4, 0.5) is 0 Å². The van der Waals surface area contributed by atoms with Crippen molar-refractivity contribution < 1.29 is 9.47 Å². The number of nitrogens with one attached hydrogen (secondary N) is 2. The molecule has 2 N–H and O–H groups in total. The summed E-state index contributed by atoms with van der Waals surface area (Å²) in [6, 6.07) is 7.28. The quantitative estimate of drug-likeness (QED) is 0.604. The van der Waals surface area contributed by atoms with Crippen molar-refractivity contribution in [1.29, 1.82) is 5.26 Å². The zero-order valence-electron chi connectivity index (χ0n) is 17.0. The predicted molar refractivity (Wildman–Crippen MR) is 109 cm³/mol. The van der Waals surface area contributed by atoms with Crippen molar-refractivity contribution in [1.82, 2.24) is 10.6 Å². The lowest BCUT2D eigenvalue weighted by molar-refractivity contribution is 0.254. The third-order valence-corrected chi connectivity index (χ3v) is 6.07. The van der Waals surface area contributed by atoms with Gasteiger partial charge >= 0.3 is 0 Å². The monoisotopic (exact) mass is 382 g/mol. The number of guanidine groups is 1. The summed E-state index contributed by atoms with van der Waals surface area (Å²) in [5.74, 6) is 3.25. The molecular weight excluding hydrogens is 352 g/mol. The van der Waals surface area contributed by atoms with E-state index in [4.69, 9.17) is 9.47 Å². The molecular formula is C22H30N4O2. The Labute approximate surface area is 167 Å². The first-order valence-electron chi connectivity index (χ1n) is 10.5. The molecule has 6 heteroatoms. The maximum absolute atomic E-state index is 9.31. The molecule has 2 fully saturated rings. The average molecular weight is 383 g/mol. The highest BCUT2D eigenvalue weighted by atomic mass is 16.5. The highest BCUT2D eigenvalue weighted by molar-refractivity contribution is 5.81. The molecule has 0 aromatic heterocycles. The van der Waals surface area contributed by atoms with Crippen LogP contribution in [0.1, 0.15) is 56.6 Å². The third-order valence-electron chi connectivity index (χ3n) is 6.07. The highest BCUT2D eigenvalue weighted by Crippen LogP contribution is 2.48. The zero-order valence-corrected chi connectivity index (χ0v) is 17.0. The molecule has 150 valence electrons. The Morgan fingerprint density at radius 3 is 2.89 bits per heavy atom. The maximum atomic E-state index is 9.31. The fraction of sp³-hybridized carbons (Fsp3) is 0.636. The number of benzene rings is 1. The van der Waals surface area contributed by atoms with Gasteiger partial charge in [0.25, 0.3) is 0 Å². The van der Waals surface area contributed by atoms with E-state index in [0.29, 0.717) is 18.6 Å². The number of ether oxygens (including phenoxy) is 2. The van der Waals surface area contributed by atoms with Crippen LogP contribution in [0.3, 0.4) is 0 Å². The van der Waals surface area contributed by atoms with Crippen LogP contribution in [0.2, 0.25) is 0 Å². The van der Waals surface area contributed by atoms with Gasteiger partial charge in [-0.25, -0.2) is 0 Å². The summed E-state index contributed by atoms with van der Waals surface area (Å²) < 4.78 is 11.9. The van der Waals surface area contributed by atoms with E-state index >= 15 is 0 Å². The van der Waals surface area contributed by atoms with Crippen molar-refractivity contribution in [2.45, 2.75) is 70.1 Å². The van der Waals surface area contributed by atoms with Crippen LogP contribution in [0, 0.1) is 17.2 Å². The number of hydrogen-bond acceptors (Lipinski definition) is 4. The molecule has 28 heavy (non-hydrogen) atoms. The summed E-state index contributed by atoms with van der Waals surface area (Å²) in [5, 5.41) is 16.3. The second-order valence-electron chi connectivity index (χ2n) is 8.15. The summed E-state index contributed by atoms with van der Waals surface area (Å²) in [6.07, 6.45) is 5.33. The van der Waals surface area contributed by atoms with Crippen LogP contribution in [-0.4, -0.2) is 37.8 Å². The summed E-state index contributed by atoms with van der Waals surface area (Å²) in [6.45, 7) is 4.79. The third kappa shape index (κ3) is 3.76. The largest absolute Gasteiger partial charge is 0.494 e. The minimum atomic E-state index is 0.0777. The molecule has 1 aromatic rings. The van der Waals surface area contributed by atoms with E-state index in [0.717, 1.165) is 49.6 Å². The predicted octanol–water partition coefficient (Wildman–Crippen LogP) is 3.12. The molecule has 1 aliphatic heterocycles. The molecule has 2 saturated carbocycles. The normalized spacial score (nSPS) is 30.9. The van der Waals surface area contributed by atoms with Crippen LogP contribution >= 0.6 is 0 Å². The molecule has 5 unspecified atom stereocenters. The smallest absolute Gasteiger partial charge is 0.191 e. The van der Waals surface area contributed by atoms with Crippen LogP contribution < -0.4 is 20.1 Å². The SMILES string of the molecule is CCOc1cc2c(cc1C1CC1NC(=NC)NC1CCCC1C#N)OC(C)C2. The van der Waals surface area contributed by atoms with Crippen LogP contribution in [0.25, 0.3) is 0 Å². The molecule has 0 amide bonds. The van der Waals surface area contributed by atoms with E-state index in [9.17, 15) is 5.26 Å². The summed E-state index contributed by atoms with van der Waals surface area (Å²) in [7, 11) is 1.79. The van der Waals surface area contributed by atoms with E-state index in [1.807, 2.05) is 6.92 Å². The van der Waals surface area contributed by atoms with Gasteiger partial charge in [-0.3, -0.25) is 4.99 Å². The number of nitrogens with zero attached hydrogens (tertiary/aromatic N) is 2. The van der Waals surface area contributed by atoms with Crippen LogP contribution in [0.5, 0.6) is 11.5 Å². The summed E-state index contributed by atoms with van der Waals surface area (Å²) in [4.78, 5) is 4.38. The Balaban J connectivity index is 1.43. The lowest BCUT2D eigenvalue weighted by atomic mass is 10.0. The minimum absolute atomic E-state index is 0.0777. The first-order chi connectivity index (χ1) is 13.6. The molecule has 2 aliphatic carbocycles. The van der Waals surface area contributed by atoms with Crippen LogP contribution in [-0.2, 0) is 6.42 Å². The van der Waals surface area contributed by atoms with Crippen molar-refractivity contribution in [2.24, 2.45) is 10.9 Å².